The summed E-state index contributed by atoms with van der Waals surface area (Å²) in [6.07, 6.45) is 0.344. The monoisotopic (exact) mass is 327 g/mol. The quantitative estimate of drug-likeness (QED) is 0.831. The number of amides is 1. The van der Waals surface area contributed by atoms with Crippen LogP contribution in [0, 0.1) is 11.7 Å². The van der Waals surface area contributed by atoms with Crippen LogP contribution < -0.4 is 14.4 Å². The molecule has 1 fully saturated rings. The minimum Gasteiger partial charge on any atom is -0.494 e. The normalized spacial score (nSPS) is 17.7. The molecule has 22 heavy (non-hydrogen) atoms. The van der Waals surface area contributed by atoms with Crippen LogP contribution in [0.1, 0.15) is 13.3 Å². The lowest BCUT2D eigenvalue weighted by Crippen LogP contribution is -2.25. The zero-order valence-corrected chi connectivity index (χ0v) is 13.5. The van der Waals surface area contributed by atoms with E-state index in [0.29, 0.717) is 30.2 Å². The fraction of sp³-hybridized carbons (Fsp3) is 0.467. The van der Waals surface area contributed by atoms with Crippen LogP contribution in [0.3, 0.4) is 0 Å². The lowest BCUT2D eigenvalue weighted by molar-refractivity contribution is -0.117. The second-order valence-electron chi connectivity index (χ2n) is 5.04. The van der Waals surface area contributed by atoms with Crippen LogP contribution in [0.2, 0.25) is 0 Å². The van der Waals surface area contributed by atoms with Gasteiger partial charge < -0.3 is 14.4 Å². The van der Waals surface area contributed by atoms with Crippen molar-refractivity contribution in [2.75, 3.05) is 31.4 Å². The minimum absolute atomic E-state index is 0.0268. The summed E-state index contributed by atoms with van der Waals surface area (Å²) in [5.74, 6) is 0.446. The molecule has 1 saturated heterocycles. The van der Waals surface area contributed by atoms with Gasteiger partial charge in [-0.2, -0.15) is 0 Å². The van der Waals surface area contributed by atoms with Crippen LogP contribution in [0.5, 0.6) is 11.5 Å². The lowest BCUT2D eigenvalue weighted by atomic mass is 10.1. The molecule has 0 aromatic heterocycles. The molecule has 0 aliphatic carbocycles. The molecule has 1 aliphatic rings. The van der Waals surface area contributed by atoms with Gasteiger partial charge in [0.25, 0.3) is 0 Å². The Morgan fingerprint density at radius 2 is 2.05 bits per heavy atom. The van der Waals surface area contributed by atoms with Gasteiger partial charge in [0.15, 0.2) is 16.7 Å². The lowest BCUT2D eigenvalue weighted by Gasteiger charge is -2.20. The third kappa shape index (κ3) is 3.52. The van der Waals surface area contributed by atoms with Crippen LogP contribution in [0.25, 0.3) is 0 Å². The molecule has 0 N–H and O–H groups in total. The molecular weight excluding hydrogens is 309 g/mol. The number of rotatable bonds is 5. The topological polar surface area (TPSA) is 55.8 Å². The summed E-state index contributed by atoms with van der Waals surface area (Å²) in [7, 11) is 2.83. The molecule has 1 aromatic carbocycles. The maximum Gasteiger partial charge on any atom is 0.227 e. The van der Waals surface area contributed by atoms with Crippen molar-refractivity contribution >= 4 is 28.5 Å². The number of ether oxygens (including phenoxy) is 2. The molecule has 5 nitrogen and oxygen atoms in total. The van der Waals surface area contributed by atoms with Crippen LogP contribution in [-0.4, -0.2) is 37.5 Å². The molecule has 0 bridgehead atoms. The molecule has 1 aliphatic heterocycles. The zero-order valence-electron chi connectivity index (χ0n) is 12.7. The van der Waals surface area contributed by atoms with Gasteiger partial charge in [-0.3, -0.25) is 9.59 Å². The van der Waals surface area contributed by atoms with E-state index in [0.717, 1.165) is 0 Å². The highest BCUT2D eigenvalue weighted by Crippen LogP contribution is 2.38. The first-order chi connectivity index (χ1) is 10.5. The minimum atomic E-state index is -0.548. The number of nitrogens with zero attached hydrogens (tertiary/aromatic N) is 1. The molecular formula is C15H18FNO4S. The first-order valence-electron chi connectivity index (χ1n) is 6.81. The average molecular weight is 327 g/mol. The summed E-state index contributed by atoms with van der Waals surface area (Å²) in [6, 6.07) is 2.67. The van der Waals surface area contributed by atoms with Crippen molar-refractivity contribution < 1.29 is 23.5 Å². The van der Waals surface area contributed by atoms with Gasteiger partial charge in [0.1, 0.15) is 5.75 Å². The van der Waals surface area contributed by atoms with Crippen LogP contribution in [0.4, 0.5) is 10.1 Å². The third-order valence-corrected chi connectivity index (χ3v) is 4.52. The molecule has 0 spiro atoms. The van der Waals surface area contributed by atoms with E-state index in [1.807, 2.05) is 0 Å². The van der Waals surface area contributed by atoms with Gasteiger partial charge in [0.05, 0.1) is 19.9 Å². The van der Waals surface area contributed by atoms with Crippen molar-refractivity contribution in [3.8, 4) is 11.5 Å². The number of hydrogen-bond acceptors (Lipinski definition) is 5. The molecule has 7 heteroatoms. The van der Waals surface area contributed by atoms with E-state index in [9.17, 15) is 14.0 Å². The van der Waals surface area contributed by atoms with E-state index < -0.39 is 5.82 Å². The third-order valence-electron chi connectivity index (χ3n) is 3.47. The van der Waals surface area contributed by atoms with Gasteiger partial charge in [0, 0.05) is 37.8 Å². The Kier molecular flexibility index (Phi) is 5.28. The maximum atomic E-state index is 13.9. The Bertz CT molecular complexity index is 593. The highest BCUT2D eigenvalue weighted by Gasteiger charge is 2.33. The summed E-state index contributed by atoms with van der Waals surface area (Å²) < 4.78 is 24.1. The standard InChI is InChI=1S/C15H18FNO4S/c1-9(18)22-8-10-4-15(19)17(7-10)12-5-11(16)13(20-2)6-14(12)21-3/h5-6,10H,4,7-8H2,1-3H3. The Morgan fingerprint density at radius 3 is 2.64 bits per heavy atom. The van der Waals surface area contributed by atoms with Crippen LogP contribution >= 0.6 is 11.8 Å². The molecule has 1 atom stereocenters. The molecule has 120 valence electrons. The highest BCUT2D eigenvalue weighted by atomic mass is 32.2. The number of thioether (sulfide) groups is 1. The molecule has 1 unspecified atom stereocenters. The Morgan fingerprint density at radius 1 is 1.36 bits per heavy atom. The molecule has 1 amide bonds. The van der Waals surface area contributed by atoms with E-state index in [1.165, 1.54) is 49.9 Å². The van der Waals surface area contributed by atoms with Crippen molar-refractivity contribution in [3.63, 3.8) is 0 Å². The summed E-state index contributed by atoms with van der Waals surface area (Å²) in [5, 5.41) is 0.0268. The second-order valence-corrected chi connectivity index (χ2v) is 6.23. The number of hydrogen-bond donors (Lipinski definition) is 0. The van der Waals surface area contributed by atoms with E-state index in [2.05, 4.69) is 0 Å². The first kappa shape index (κ1) is 16.6. The van der Waals surface area contributed by atoms with Gasteiger partial charge in [-0.25, -0.2) is 4.39 Å². The number of halogens is 1. The number of carbonyl (C=O) groups is 2. The summed E-state index contributed by atoms with van der Waals surface area (Å²) in [5.41, 5.74) is 0.390. The Labute approximate surface area is 132 Å². The van der Waals surface area contributed by atoms with Crippen molar-refractivity contribution in [3.05, 3.63) is 17.9 Å². The molecule has 1 heterocycles. The Hall–Kier alpha value is -1.76. The summed E-state index contributed by atoms with van der Waals surface area (Å²) in [4.78, 5) is 24.7. The predicted molar refractivity (Wildman–Crippen MR) is 83.1 cm³/mol. The Balaban J connectivity index is 2.22. The van der Waals surface area contributed by atoms with Gasteiger partial charge >= 0.3 is 0 Å². The number of anilines is 1. The largest absolute Gasteiger partial charge is 0.494 e. The maximum absolute atomic E-state index is 13.9. The zero-order chi connectivity index (χ0) is 16.3. The van der Waals surface area contributed by atoms with E-state index in [4.69, 9.17) is 9.47 Å². The smallest absolute Gasteiger partial charge is 0.227 e. The van der Waals surface area contributed by atoms with E-state index >= 15 is 0 Å². The summed E-state index contributed by atoms with van der Waals surface area (Å²) in [6.45, 7) is 1.95. The average Bonchev–Trinajstić information content (AvgIpc) is 2.85. The second kappa shape index (κ2) is 7.00. The molecule has 0 radical (unpaired) electrons. The molecule has 0 saturated carbocycles. The number of benzene rings is 1. The highest BCUT2D eigenvalue weighted by molar-refractivity contribution is 8.13. The van der Waals surface area contributed by atoms with Gasteiger partial charge in [-0.1, -0.05) is 11.8 Å². The van der Waals surface area contributed by atoms with Crippen molar-refractivity contribution in [2.24, 2.45) is 5.92 Å². The fourth-order valence-corrected chi connectivity index (χ4v) is 3.11. The fourth-order valence-electron chi connectivity index (χ4n) is 2.42. The van der Waals surface area contributed by atoms with Crippen molar-refractivity contribution in [1.29, 1.82) is 0 Å². The number of methoxy groups -OCH3 is 2. The van der Waals surface area contributed by atoms with E-state index in [-0.39, 0.29) is 22.7 Å². The predicted octanol–water partition coefficient (Wildman–Crippen LogP) is 2.48. The van der Waals surface area contributed by atoms with Gasteiger partial charge in [-0.05, 0) is 5.92 Å². The number of carbonyl (C=O) groups excluding carboxylic acids is 2. The summed E-state index contributed by atoms with van der Waals surface area (Å²) >= 11 is 1.20. The molecule has 1 aromatic rings. The first-order valence-corrected chi connectivity index (χ1v) is 7.80. The van der Waals surface area contributed by atoms with Gasteiger partial charge in [0.2, 0.25) is 5.91 Å². The van der Waals surface area contributed by atoms with E-state index in [1.54, 1.807) is 0 Å². The van der Waals surface area contributed by atoms with Crippen molar-refractivity contribution in [1.82, 2.24) is 0 Å². The van der Waals surface area contributed by atoms with Gasteiger partial charge in [-0.15, -0.1) is 0 Å². The SMILES string of the molecule is COc1cc(OC)c(N2CC(CSC(C)=O)CC2=O)cc1F. The van der Waals surface area contributed by atoms with Crippen LogP contribution in [-0.2, 0) is 9.59 Å². The van der Waals surface area contributed by atoms with Crippen LogP contribution in [0.15, 0.2) is 12.1 Å². The molecule has 2 rings (SSSR count). The van der Waals surface area contributed by atoms with Crippen molar-refractivity contribution in [2.45, 2.75) is 13.3 Å².